The van der Waals surface area contributed by atoms with E-state index in [1.54, 1.807) is 0 Å². The molecule has 0 aliphatic carbocycles. The number of hydrogen-bond donors (Lipinski definition) is 2. The first-order chi connectivity index (χ1) is 5.61. The predicted octanol–water partition coefficient (Wildman–Crippen LogP) is -0.455. The number of hydrogen-bond acceptors (Lipinski definition) is 4. The first-order valence-corrected chi connectivity index (χ1v) is 3.45. The number of halogens is 1. The van der Waals surface area contributed by atoms with Crippen molar-refractivity contribution in [2.45, 2.75) is 6.17 Å². The Balaban J connectivity index is 4.08. The van der Waals surface area contributed by atoms with Crippen molar-refractivity contribution in [3.8, 4) is 0 Å². The SMILES string of the molecule is COC(=O)C(C=CC(N)N)CF. The van der Waals surface area contributed by atoms with Gasteiger partial charge in [-0.25, -0.2) is 4.39 Å². The second-order valence-electron chi connectivity index (χ2n) is 2.25. The summed E-state index contributed by atoms with van der Waals surface area (Å²) in [7, 11) is 1.20. The van der Waals surface area contributed by atoms with Gasteiger partial charge in [0.25, 0.3) is 0 Å². The fourth-order valence-corrected chi connectivity index (χ4v) is 0.607. The zero-order valence-electron chi connectivity index (χ0n) is 6.87. The monoisotopic (exact) mass is 176 g/mol. The van der Waals surface area contributed by atoms with Gasteiger partial charge in [-0.15, -0.1) is 0 Å². The summed E-state index contributed by atoms with van der Waals surface area (Å²) in [4.78, 5) is 10.8. The minimum Gasteiger partial charge on any atom is -0.468 e. The summed E-state index contributed by atoms with van der Waals surface area (Å²) in [5.74, 6) is -1.53. The normalized spacial score (nSPS) is 13.8. The van der Waals surface area contributed by atoms with Gasteiger partial charge in [-0.3, -0.25) is 4.79 Å². The van der Waals surface area contributed by atoms with Crippen LogP contribution in [0.25, 0.3) is 0 Å². The molecule has 12 heavy (non-hydrogen) atoms. The van der Waals surface area contributed by atoms with Gasteiger partial charge in [0, 0.05) is 0 Å². The summed E-state index contributed by atoms with van der Waals surface area (Å²) in [6.07, 6.45) is 1.97. The molecule has 0 spiro atoms. The van der Waals surface area contributed by atoms with Crippen LogP contribution >= 0.6 is 0 Å². The lowest BCUT2D eigenvalue weighted by molar-refractivity contribution is -0.144. The minimum absolute atomic E-state index is 0.630. The third-order valence-corrected chi connectivity index (χ3v) is 1.24. The largest absolute Gasteiger partial charge is 0.468 e. The molecule has 4 nitrogen and oxygen atoms in total. The van der Waals surface area contributed by atoms with Crippen LogP contribution in [-0.2, 0) is 9.53 Å². The summed E-state index contributed by atoms with van der Waals surface area (Å²) in [5, 5.41) is 0. The number of methoxy groups -OCH3 is 1. The topological polar surface area (TPSA) is 78.3 Å². The highest BCUT2D eigenvalue weighted by atomic mass is 19.1. The maximum Gasteiger partial charge on any atom is 0.315 e. The van der Waals surface area contributed by atoms with E-state index in [4.69, 9.17) is 11.5 Å². The molecule has 1 atom stereocenters. The van der Waals surface area contributed by atoms with Crippen molar-refractivity contribution in [3.05, 3.63) is 12.2 Å². The van der Waals surface area contributed by atoms with Crippen molar-refractivity contribution in [3.63, 3.8) is 0 Å². The lowest BCUT2D eigenvalue weighted by atomic mass is 10.1. The van der Waals surface area contributed by atoms with Gasteiger partial charge in [-0.1, -0.05) is 12.2 Å². The van der Waals surface area contributed by atoms with Gasteiger partial charge in [0.05, 0.1) is 13.3 Å². The molecule has 70 valence electrons. The highest BCUT2D eigenvalue weighted by Gasteiger charge is 2.14. The zero-order chi connectivity index (χ0) is 9.56. The van der Waals surface area contributed by atoms with Crippen molar-refractivity contribution < 1.29 is 13.9 Å². The van der Waals surface area contributed by atoms with Gasteiger partial charge >= 0.3 is 5.97 Å². The Morgan fingerprint density at radius 2 is 2.17 bits per heavy atom. The fraction of sp³-hybridized carbons (Fsp3) is 0.571. The molecule has 1 unspecified atom stereocenters. The quantitative estimate of drug-likeness (QED) is 0.345. The molecular formula is C7H13FN2O2. The van der Waals surface area contributed by atoms with Crippen LogP contribution in [0.2, 0.25) is 0 Å². The van der Waals surface area contributed by atoms with E-state index in [-0.39, 0.29) is 0 Å². The molecule has 0 amide bonds. The molecule has 4 N–H and O–H groups in total. The van der Waals surface area contributed by atoms with Crippen LogP contribution in [0.15, 0.2) is 12.2 Å². The number of ether oxygens (including phenoxy) is 1. The second-order valence-corrected chi connectivity index (χ2v) is 2.25. The molecule has 5 heteroatoms. The van der Waals surface area contributed by atoms with Crippen LogP contribution in [0, 0.1) is 5.92 Å². The van der Waals surface area contributed by atoms with Crippen LogP contribution in [0.3, 0.4) is 0 Å². The molecule has 0 aromatic heterocycles. The molecule has 0 aliphatic heterocycles. The first-order valence-electron chi connectivity index (χ1n) is 3.45. The molecule has 0 saturated carbocycles. The van der Waals surface area contributed by atoms with Gasteiger partial charge in [0.2, 0.25) is 0 Å². The van der Waals surface area contributed by atoms with Crippen LogP contribution in [0.4, 0.5) is 4.39 Å². The highest BCUT2D eigenvalue weighted by Crippen LogP contribution is 2.02. The third-order valence-electron chi connectivity index (χ3n) is 1.24. The molecular weight excluding hydrogens is 163 g/mol. The number of alkyl halides is 1. The number of carbonyl (C=O) groups is 1. The molecule has 0 rings (SSSR count). The highest BCUT2D eigenvalue weighted by molar-refractivity contribution is 5.74. The summed E-state index contributed by atoms with van der Waals surface area (Å²) >= 11 is 0. The van der Waals surface area contributed by atoms with Crippen molar-refractivity contribution in [1.82, 2.24) is 0 Å². The molecule has 0 aromatic rings. The van der Waals surface area contributed by atoms with Crippen molar-refractivity contribution in [2.75, 3.05) is 13.8 Å². The van der Waals surface area contributed by atoms with E-state index in [0.717, 1.165) is 0 Å². The molecule has 0 aromatic carbocycles. The first kappa shape index (κ1) is 11.1. The van der Waals surface area contributed by atoms with E-state index >= 15 is 0 Å². The third kappa shape index (κ3) is 4.05. The van der Waals surface area contributed by atoms with Gasteiger partial charge in [0.1, 0.15) is 12.6 Å². The average molecular weight is 176 g/mol. The second kappa shape index (κ2) is 5.68. The minimum atomic E-state index is -0.899. The van der Waals surface area contributed by atoms with Gasteiger partial charge in [0.15, 0.2) is 0 Å². The maximum atomic E-state index is 12.1. The standard InChI is InChI=1S/C7H13FN2O2/c1-12-7(11)5(4-8)2-3-6(9)10/h2-3,5-6H,4,9-10H2,1H3. The average Bonchev–Trinajstić information content (AvgIpc) is 2.04. The molecule has 0 aliphatic rings. The summed E-state index contributed by atoms with van der Waals surface area (Å²) in [6.45, 7) is -0.810. The van der Waals surface area contributed by atoms with E-state index in [0.29, 0.717) is 0 Å². The predicted molar refractivity (Wildman–Crippen MR) is 42.8 cm³/mol. The Labute approximate surface area is 70.4 Å². The zero-order valence-corrected chi connectivity index (χ0v) is 6.87. The number of rotatable bonds is 4. The van der Waals surface area contributed by atoms with Gasteiger partial charge in [-0.05, 0) is 0 Å². The summed E-state index contributed by atoms with van der Waals surface area (Å²) < 4.78 is 16.4. The number of esters is 1. The molecule has 0 saturated heterocycles. The molecule has 0 heterocycles. The summed E-state index contributed by atoms with van der Waals surface area (Å²) in [6, 6.07) is 0. The Hall–Kier alpha value is -0.940. The Bertz CT molecular complexity index is 171. The fourth-order valence-electron chi connectivity index (χ4n) is 0.607. The lowest BCUT2D eigenvalue weighted by Crippen LogP contribution is -2.28. The molecule has 0 bridgehead atoms. The van der Waals surface area contributed by atoms with Crippen LogP contribution in [-0.4, -0.2) is 25.9 Å². The Morgan fingerprint density at radius 3 is 2.50 bits per heavy atom. The Morgan fingerprint density at radius 1 is 1.58 bits per heavy atom. The van der Waals surface area contributed by atoms with Gasteiger partial charge in [-0.2, -0.15) is 0 Å². The van der Waals surface area contributed by atoms with Crippen molar-refractivity contribution >= 4 is 5.97 Å². The van der Waals surface area contributed by atoms with Crippen molar-refractivity contribution in [1.29, 1.82) is 0 Å². The Kier molecular flexibility index (Phi) is 5.23. The maximum absolute atomic E-state index is 12.1. The van der Waals surface area contributed by atoms with E-state index in [9.17, 15) is 9.18 Å². The van der Waals surface area contributed by atoms with E-state index in [2.05, 4.69) is 4.74 Å². The van der Waals surface area contributed by atoms with Crippen LogP contribution < -0.4 is 11.5 Å². The van der Waals surface area contributed by atoms with Gasteiger partial charge < -0.3 is 16.2 Å². The number of carbonyl (C=O) groups excluding carboxylic acids is 1. The molecule has 0 radical (unpaired) electrons. The lowest BCUT2D eigenvalue weighted by Gasteiger charge is -2.05. The van der Waals surface area contributed by atoms with E-state index in [1.165, 1.54) is 19.3 Å². The molecule has 0 fully saturated rings. The van der Waals surface area contributed by atoms with E-state index < -0.39 is 24.7 Å². The number of nitrogens with two attached hydrogens (primary N) is 2. The summed E-state index contributed by atoms with van der Waals surface area (Å²) in [5.41, 5.74) is 10.3. The van der Waals surface area contributed by atoms with Crippen LogP contribution in [0.5, 0.6) is 0 Å². The van der Waals surface area contributed by atoms with E-state index in [1.807, 2.05) is 0 Å². The van der Waals surface area contributed by atoms with Crippen molar-refractivity contribution in [2.24, 2.45) is 17.4 Å². The smallest absolute Gasteiger partial charge is 0.315 e. The van der Waals surface area contributed by atoms with Crippen LogP contribution in [0.1, 0.15) is 0 Å².